The molecule has 0 amide bonds. The first-order valence-electron chi connectivity index (χ1n) is 11.8. The lowest BCUT2D eigenvalue weighted by Gasteiger charge is -2.30. The highest BCUT2D eigenvalue weighted by molar-refractivity contribution is 5.82. The molecule has 12 heteroatoms. The molecule has 37 heavy (non-hydrogen) atoms. The number of ether oxygens (including phenoxy) is 2. The topological polar surface area (TPSA) is 90.8 Å². The Bertz CT molecular complexity index is 1430. The van der Waals surface area contributed by atoms with E-state index in [2.05, 4.69) is 15.2 Å². The van der Waals surface area contributed by atoms with Crippen molar-refractivity contribution in [3.05, 3.63) is 54.0 Å². The van der Waals surface area contributed by atoms with E-state index >= 15 is 0 Å². The lowest BCUT2D eigenvalue weighted by Crippen LogP contribution is -2.38. The number of hydrogen-bond donors (Lipinski definition) is 1. The summed E-state index contributed by atoms with van der Waals surface area (Å²) in [4.78, 5) is 5.93. The number of fused-ring (bicyclic) bond motifs is 2. The lowest BCUT2D eigenvalue weighted by molar-refractivity contribution is -0.183. The van der Waals surface area contributed by atoms with Crippen molar-refractivity contribution in [1.82, 2.24) is 24.5 Å². The Morgan fingerprint density at radius 3 is 2.68 bits per heavy atom. The fourth-order valence-corrected chi connectivity index (χ4v) is 4.53. The van der Waals surface area contributed by atoms with Gasteiger partial charge < -0.3 is 15.2 Å². The van der Waals surface area contributed by atoms with Crippen LogP contribution in [0.25, 0.3) is 28.1 Å². The molecule has 4 heterocycles. The maximum Gasteiger partial charge on any atom is 0.408 e. The van der Waals surface area contributed by atoms with Gasteiger partial charge in [0.15, 0.2) is 23.0 Å². The van der Waals surface area contributed by atoms with E-state index in [1.54, 1.807) is 19.1 Å². The highest BCUT2D eigenvalue weighted by atomic mass is 19.4. The van der Waals surface area contributed by atoms with Gasteiger partial charge in [0.05, 0.1) is 11.6 Å². The average molecular weight is 519 g/mol. The van der Waals surface area contributed by atoms with E-state index in [4.69, 9.17) is 15.2 Å². The molecular formula is C25H26F4N6O2. The van der Waals surface area contributed by atoms with Crippen LogP contribution in [0, 0.1) is 5.82 Å². The second kappa shape index (κ2) is 9.84. The number of halogens is 4. The molecule has 0 aliphatic carbocycles. The summed E-state index contributed by atoms with van der Waals surface area (Å²) in [6, 6.07) is 6.89. The Kier molecular flexibility index (Phi) is 6.73. The van der Waals surface area contributed by atoms with Crippen molar-refractivity contribution in [2.24, 2.45) is 5.73 Å². The van der Waals surface area contributed by atoms with Gasteiger partial charge in [0.1, 0.15) is 18.3 Å². The average Bonchev–Trinajstić information content (AvgIpc) is 3.47. The van der Waals surface area contributed by atoms with Gasteiger partial charge in [-0.3, -0.25) is 9.30 Å². The van der Waals surface area contributed by atoms with E-state index in [0.717, 1.165) is 0 Å². The number of benzene rings is 1. The predicted molar refractivity (Wildman–Crippen MR) is 129 cm³/mol. The molecule has 0 radical (unpaired) electrons. The second-order valence-corrected chi connectivity index (χ2v) is 9.23. The first kappa shape index (κ1) is 25.3. The van der Waals surface area contributed by atoms with Gasteiger partial charge in [-0.15, -0.1) is 10.2 Å². The third-order valence-corrected chi connectivity index (χ3v) is 6.52. The molecule has 1 fully saturated rings. The summed E-state index contributed by atoms with van der Waals surface area (Å²) in [6.45, 7) is 2.36. The van der Waals surface area contributed by atoms with E-state index in [1.165, 1.54) is 46.9 Å². The number of nitrogens with two attached hydrogens (primary N) is 1. The van der Waals surface area contributed by atoms with Crippen molar-refractivity contribution in [1.29, 1.82) is 0 Å². The molecule has 0 bridgehead atoms. The summed E-state index contributed by atoms with van der Waals surface area (Å²) in [5, 5.41) is 8.80. The Balaban J connectivity index is 1.53. The molecule has 1 aliphatic rings. The minimum atomic E-state index is -4.49. The molecule has 5 rings (SSSR count). The highest BCUT2D eigenvalue weighted by Gasteiger charge is 2.46. The number of likely N-dealkylation sites (tertiary alicyclic amines) is 1. The molecule has 2 N–H and O–H groups in total. The molecule has 1 aromatic carbocycles. The largest absolute Gasteiger partial charge is 0.488 e. The van der Waals surface area contributed by atoms with Gasteiger partial charge >= 0.3 is 6.18 Å². The second-order valence-electron chi connectivity index (χ2n) is 9.23. The van der Waals surface area contributed by atoms with Crippen molar-refractivity contribution in [2.75, 3.05) is 26.8 Å². The fraction of sp³-hybridized carbons (Fsp3) is 0.400. The standard InChI is InChI=1S/C25H26F4N6O2/c1-14(36-2)13-37-21-10-20-15(9-18(21)26)3-5-19(31-20)24-33-32-22-6-4-16(11-35(22)24)23(25(27,28)29)34-8-7-17(30)12-34/h3-6,9-11,14,17,23H,7-8,12-13,30H2,1-2H3/t14-,17+,23-/m1/s1. The Morgan fingerprint density at radius 2 is 1.97 bits per heavy atom. The van der Waals surface area contributed by atoms with Gasteiger partial charge in [0.2, 0.25) is 0 Å². The molecule has 8 nitrogen and oxygen atoms in total. The maximum atomic E-state index is 14.5. The molecule has 0 saturated carbocycles. The Labute approximate surface area is 210 Å². The molecule has 4 aromatic rings. The van der Waals surface area contributed by atoms with Crippen LogP contribution >= 0.6 is 0 Å². The van der Waals surface area contributed by atoms with Crippen LogP contribution in [0.1, 0.15) is 24.9 Å². The third-order valence-electron chi connectivity index (χ3n) is 6.52. The van der Waals surface area contributed by atoms with Crippen LogP contribution in [-0.2, 0) is 4.74 Å². The van der Waals surface area contributed by atoms with Crippen LogP contribution in [0.3, 0.4) is 0 Å². The van der Waals surface area contributed by atoms with Crippen LogP contribution in [0.15, 0.2) is 42.6 Å². The number of alkyl halides is 3. The minimum Gasteiger partial charge on any atom is -0.488 e. The number of aromatic nitrogens is 4. The van der Waals surface area contributed by atoms with Crippen LogP contribution in [-0.4, -0.2) is 69.6 Å². The molecule has 1 saturated heterocycles. The van der Waals surface area contributed by atoms with Gasteiger partial charge in [-0.2, -0.15) is 13.2 Å². The minimum absolute atomic E-state index is 0.0197. The summed E-state index contributed by atoms with van der Waals surface area (Å²) in [5.41, 5.74) is 7.12. The zero-order valence-corrected chi connectivity index (χ0v) is 20.2. The zero-order chi connectivity index (χ0) is 26.3. The van der Waals surface area contributed by atoms with Gasteiger partial charge in [-0.1, -0.05) is 12.1 Å². The quantitative estimate of drug-likeness (QED) is 0.368. The molecular weight excluding hydrogens is 492 g/mol. The van der Waals surface area contributed by atoms with Gasteiger partial charge in [-0.05, 0) is 37.1 Å². The predicted octanol–water partition coefficient (Wildman–Crippen LogP) is 4.13. The van der Waals surface area contributed by atoms with Crippen molar-refractivity contribution in [3.8, 4) is 17.3 Å². The lowest BCUT2D eigenvalue weighted by atomic mass is 10.1. The smallest absolute Gasteiger partial charge is 0.408 e. The van der Waals surface area contributed by atoms with Crippen molar-refractivity contribution >= 4 is 16.6 Å². The van der Waals surface area contributed by atoms with Crippen LogP contribution in [0.2, 0.25) is 0 Å². The first-order valence-corrected chi connectivity index (χ1v) is 11.8. The SMILES string of the molecule is CO[C@H](C)COc1cc2nc(-c3nnc4ccc([C@@H](N5CC[C@H](N)C5)C(F)(F)F)cn34)ccc2cc1F. The van der Waals surface area contributed by atoms with Crippen molar-refractivity contribution in [2.45, 2.75) is 37.7 Å². The normalized spacial score (nSPS) is 18.5. The van der Waals surface area contributed by atoms with E-state index in [9.17, 15) is 17.6 Å². The van der Waals surface area contributed by atoms with Crippen molar-refractivity contribution < 1.29 is 27.0 Å². The Morgan fingerprint density at radius 1 is 1.16 bits per heavy atom. The van der Waals surface area contributed by atoms with Gasteiger partial charge in [0, 0.05) is 43.9 Å². The first-order chi connectivity index (χ1) is 17.6. The number of hydrogen-bond acceptors (Lipinski definition) is 7. The molecule has 0 spiro atoms. The maximum absolute atomic E-state index is 14.5. The summed E-state index contributed by atoms with van der Waals surface area (Å²) in [6.07, 6.45) is -2.83. The summed E-state index contributed by atoms with van der Waals surface area (Å²) in [7, 11) is 1.53. The highest BCUT2D eigenvalue weighted by Crippen LogP contribution is 2.39. The molecule has 196 valence electrons. The van der Waals surface area contributed by atoms with Gasteiger partial charge in [0.25, 0.3) is 0 Å². The van der Waals surface area contributed by atoms with Gasteiger partial charge in [-0.25, -0.2) is 9.37 Å². The summed E-state index contributed by atoms with van der Waals surface area (Å²) in [5.74, 6) is -0.258. The monoisotopic (exact) mass is 518 g/mol. The molecule has 0 unspecified atom stereocenters. The van der Waals surface area contributed by atoms with Crippen LogP contribution in [0.5, 0.6) is 5.75 Å². The van der Waals surface area contributed by atoms with E-state index in [1.807, 2.05) is 0 Å². The van der Waals surface area contributed by atoms with E-state index in [-0.39, 0.29) is 49.0 Å². The number of pyridine rings is 2. The summed E-state index contributed by atoms with van der Waals surface area (Å²) >= 11 is 0. The third kappa shape index (κ3) is 5.09. The zero-order valence-electron chi connectivity index (χ0n) is 20.2. The molecule has 3 atom stereocenters. The number of rotatable bonds is 7. The summed E-state index contributed by atoms with van der Waals surface area (Å²) < 4.78 is 69.0. The molecule has 3 aromatic heterocycles. The van der Waals surface area contributed by atoms with E-state index < -0.39 is 18.0 Å². The Hall–Kier alpha value is -3.35. The number of methoxy groups -OCH3 is 1. The van der Waals surface area contributed by atoms with Crippen molar-refractivity contribution in [3.63, 3.8) is 0 Å². The van der Waals surface area contributed by atoms with E-state index in [0.29, 0.717) is 28.7 Å². The fourth-order valence-electron chi connectivity index (χ4n) is 4.53. The number of nitrogens with zero attached hydrogens (tertiary/aromatic N) is 5. The van der Waals surface area contributed by atoms with Crippen LogP contribution in [0.4, 0.5) is 17.6 Å². The molecule has 1 aliphatic heterocycles. The van der Waals surface area contributed by atoms with Crippen LogP contribution < -0.4 is 10.5 Å².